The molecule has 164 valence electrons. The molecular formula is C24H23N3O4S. The highest BCUT2D eigenvalue weighted by Crippen LogP contribution is 2.35. The molecule has 0 radical (unpaired) electrons. The summed E-state index contributed by atoms with van der Waals surface area (Å²) in [5, 5.41) is 5.13. The van der Waals surface area contributed by atoms with Crippen molar-refractivity contribution in [2.75, 3.05) is 31.0 Å². The quantitative estimate of drug-likeness (QED) is 0.533. The third kappa shape index (κ3) is 4.81. The van der Waals surface area contributed by atoms with Crippen molar-refractivity contribution in [1.29, 1.82) is 0 Å². The molecule has 1 saturated heterocycles. The van der Waals surface area contributed by atoms with Gasteiger partial charge in [-0.05, 0) is 48.4 Å². The van der Waals surface area contributed by atoms with Gasteiger partial charge in [-0.1, -0.05) is 12.1 Å². The van der Waals surface area contributed by atoms with Crippen LogP contribution >= 0.6 is 11.3 Å². The maximum atomic E-state index is 12.3. The Kier molecular flexibility index (Phi) is 6.51. The van der Waals surface area contributed by atoms with Gasteiger partial charge in [0.2, 0.25) is 11.8 Å². The lowest BCUT2D eigenvalue weighted by Gasteiger charge is -2.15. The zero-order chi connectivity index (χ0) is 22.5. The van der Waals surface area contributed by atoms with Gasteiger partial charge in [-0.25, -0.2) is 4.98 Å². The number of carbonyl (C=O) groups is 2. The second-order valence-corrected chi connectivity index (χ2v) is 8.03. The van der Waals surface area contributed by atoms with E-state index >= 15 is 0 Å². The minimum atomic E-state index is -0.276. The number of benzene rings is 2. The first-order valence-electron chi connectivity index (χ1n) is 10.1. The molecule has 1 fully saturated rings. The van der Waals surface area contributed by atoms with Crippen molar-refractivity contribution in [2.45, 2.75) is 12.8 Å². The van der Waals surface area contributed by atoms with Gasteiger partial charge in [0.05, 0.1) is 19.9 Å². The van der Waals surface area contributed by atoms with E-state index in [2.05, 4.69) is 10.3 Å². The molecule has 4 rings (SSSR count). The maximum absolute atomic E-state index is 12.3. The second-order valence-electron chi connectivity index (χ2n) is 7.17. The number of aromatic nitrogens is 1. The molecule has 0 saturated carbocycles. The molecule has 2 heterocycles. The van der Waals surface area contributed by atoms with Gasteiger partial charge in [0.1, 0.15) is 11.5 Å². The SMILES string of the molecule is COc1ccc(OC)c(-c2csc(NC(=O)/C=C/c3ccc(N4CCCC4=O)cc3)n2)c1. The Morgan fingerprint density at radius 2 is 1.97 bits per heavy atom. The van der Waals surface area contributed by atoms with E-state index in [1.165, 1.54) is 17.4 Å². The van der Waals surface area contributed by atoms with Crippen LogP contribution in [0.4, 0.5) is 10.8 Å². The number of carbonyl (C=O) groups excluding carboxylic acids is 2. The molecule has 3 aromatic rings. The summed E-state index contributed by atoms with van der Waals surface area (Å²) in [4.78, 5) is 30.5. The molecule has 0 unspecified atom stereocenters. The van der Waals surface area contributed by atoms with Crippen LogP contribution in [0.15, 0.2) is 53.9 Å². The first-order valence-corrected chi connectivity index (χ1v) is 11.0. The average Bonchev–Trinajstić information content (AvgIpc) is 3.46. The van der Waals surface area contributed by atoms with Crippen LogP contribution in [0.2, 0.25) is 0 Å². The van der Waals surface area contributed by atoms with E-state index in [0.717, 1.165) is 29.8 Å². The van der Waals surface area contributed by atoms with E-state index in [-0.39, 0.29) is 11.8 Å². The molecule has 0 spiro atoms. The van der Waals surface area contributed by atoms with Gasteiger partial charge in [-0.15, -0.1) is 11.3 Å². The number of rotatable bonds is 7. The maximum Gasteiger partial charge on any atom is 0.250 e. The summed E-state index contributed by atoms with van der Waals surface area (Å²) in [5.41, 5.74) is 3.24. The van der Waals surface area contributed by atoms with E-state index < -0.39 is 0 Å². The van der Waals surface area contributed by atoms with Gasteiger partial charge in [0, 0.05) is 35.7 Å². The Bertz CT molecular complexity index is 1150. The highest BCUT2D eigenvalue weighted by molar-refractivity contribution is 7.14. The molecule has 7 nitrogen and oxygen atoms in total. The number of anilines is 2. The first kappa shape index (κ1) is 21.6. The monoisotopic (exact) mass is 449 g/mol. The van der Waals surface area contributed by atoms with Crippen LogP contribution in [-0.2, 0) is 9.59 Å². The standard InChI is InChI=1S/C24H23N3O4S/c1-30-18-10-11-21(31-2)19(14-18)20-15-32-24(25-20)26-22(28)12-7-16-5-8-17(9-6-16)27-13-3-4-23(27)29/h5-12,14-15H,3-4,13H2,1-2H3,(H,25,26,28)/b12-7+. The minimum Gasteiger partial charge on any atom is -0.497 e. The van der Waals surface area contributed by atoms with Crippen molar-refractivity contribution >= 4 is 40.0 Å². The number of hydrogen-bond donors (Lipinski definition) is 1. The molecule has 2 amide bonds. The van der Waals surface area contributed by atoms with Crippen LogP contribution in [0.5, 0.6) is 11.5 Å². The van der Waals surface area contributed by atoms with E-state index in [1.54, 1.807) is 25.2 Å². The topological polar surface area (TPSA) is 80.8 Å². The molecule has 0 atom stereocenters. The highest BCUT2D eigenvalue weighted by atomic mass is 32.1. The van der Waals surface area contributed by atoms with E-state index in [1.807, 2.05) is 47.8 Å². The molecule has 1 N–H and O–H groups in total. The summed E-state index contributed by atoms with van der Waals surface area (Å²) < 4.78 is 10.7. The van der Waals surface area contributed by atoms with Crippen molar-refractivity contribution in [3.05, 3.63) is 59.5 Å². The van der Waals surface area contributed by atoms with Gasteiger partial charge in [-0.2, -0.15) is 0 Å². The van der Waals surface area contributed by atoms with Gasteiger partial charge in [0.15, 0.2) is 5.13 Å². The number of nitrogens with one attached hydrogen (secondary N) is 1. The van der Waals surface area contributed by atoms with Crippen molar-refractivity contribution in [3.8, 4) is 22.8 Å². The van der Waals surface area contributed by atoms with Crippen LogP contribution in [0, 0.1) is 0 Å². The third-order valence-corrected chi connectivity index (χ3v) is 5.88. The number of ether oxygens (including phenoxy) is 2. The summed E-state index contributed by atoms with van der Waals surface area (Å²) in [7, 11) is 3.20. The number of thiazole rings is 1. The van der Waals surface area contributed by atoms with Crippen LogP contribution in [0.25, 0.3) is 17.3 Å². The fourth-order valence-corrected chi connectivity index (χ4v) is 4.19. The van der Waals surface area contributed by atoms with Crippen molar-refractivity contribution in [1.82, 2.24) is 4.98 Å². The fraction of sp³-hybridized carbons (Fsp3) is 0.208. The molecule has 1 aromatic heterocycles. The van der Waals surface area contributed by atoms with Crippen LogP contribution in [-0.4, -0.2) is 37.6 Å². The summed E-state index contributed by atoms with van der Waals surface area (Å²) in [6.45, 7) is 0.758. The Hall–Kier alpha value is -3.65. The largest absolute Gasteiger partial charge is 0.497 e. The Morgan fingerprint density at radius 1 is 1.16 bits per heavy atom. The van der Waals surface area contributed by atoms with Crippen molar-refractivity contribution in [3.63, 3.8) is 0 Å². The smallest absolute Gasteiger partial charge is 0.250 e. The lowest BCUT2D eigenvalue weighted by Crippen LogP contribution is -2.23. The molecule has 0 bridgehead atoms. The lowest BCUT2D eigenvalue weighted by molar-refractivity contribution is -0.117. The predicted molar refractivity (Wildman–Crippen MR) is 126 cm³/mol. The van der Waals surface area contributed by atoms with Crippen LogP contribution in [0.3, 0.4) is 0 Å². The number of methoxy groups -OCH3 is 2. The molecular weight excluding hydrogens is 426 g/mol. The highest BCUT2D eigenvalue weighted by Gasteiger charge is 2.21. The summed E-state index contributed by atoms with van der Waals surface area (Å²) in [5.74, 6) is 1.25. The van der Waals surface area contributed by atoms with Gasteiger partial charge in [0.25, 0.3) is 0 Å². The molecule has 0 aliphatic carbocycles. The number of hydrogen-bond acceptors (Lipinski definition) is 6. The van der Waals surface area contributed by atoms with E-state index in [4.69, 9.17) is 9.47 Å². The molecule has 1 aliphatic rings. The molecule has 32 heavy (non-hydrogen) atoms. The number of amides is 2. The van der Waals surface area contributed by atoms with E-state index in [9.17, 15) is 9.59 Å². The molecule has 8 heteroatoms. The lowest BCUT2D eigenvalue weighted by atomic mass is 10.1. The van der Waals surface area contributed by atoms with E-state index in [0.29, 0.717) is 28.7 Å². The van der Waals surface area contributed by atoms with Gasteiger partial charge < -0.3 is 14.4 Å². The zero-order valence-electron chi connectivity index (χ0n) is 17.8. The fourth-order valence-electron chi connectivity index (χ4n) is 3.47. The van der Waals surface area contributed by atoms with Gasteiger partial charge in [-0.3, -0.25) is 14.9 Å². The summed E-state index contributed by atoms with van der Waals surface area (Å²) in [6, 6.07) is 13.1. The average molecular weight is 450 g/mol. The summed E-state index contributed by atoms with van der Waals surface area (Å²) in [6.07, 6.45) is 4.68. The summed E-state index contributed by atoms with van der Waals surface area (Å²) >= 11 is 1.33. The first-order chi connectivity index (χ1) is 15.6. The zero-order valence-corrected chi connectivity index (χ0v) is 18.6. The van der Waals surface area contributed by atoms with Crippen molar-refractivity contribution in [2.24, 2.45) is 0 Å². The predicted octanol–water partition coefficient (Wildman–Crippen LogP) is 4.61. The van der Waals surface area contributed by atoms with Crippen molar-refractivity contribution < 1.29 is 19.1 Å². The normalized spacial score (nSPS) is 13.6. The van der Waals surface area contributed by atoms with Crippen LogP contribution < -0.4 is 19.7 Å². The minimum absolute atomic E-state index is 0.155. The second kappa shape index (κ2) is 9.65. The third-order valence-electron chi connectivity index (χ3n) is 5.12. The molecule has 2 aromatic carbocycles. The van der Waals surface area contributed by atoms with Crippen LogP contribution in [0.1, 0.15) is 18.4 Å². The Morgan fingerprint density at radius 3 is 2.66 bits per heavy atom. The Balaban J connectivity index is 1.40. The number of nitrogens with zero attached hydrogens (tertiary/aromatic N) is 2. The Labute approximate surface area is 190 Å². The van der Waals surface area contributed by atoms with Gasteiger partial charge >= 0.3 is 0 Å². The molecule has 1 aliphatic heterocycles.